The van der Waals surface area contributed by atoms with Crippen LogP contribution in [0.5, 0.6) is 0 Å². The lowest BCUT2D eigenvalue weighted by Crippen LogP contribution is -2.33. The van der Waals surface area contributed by atoms with Gasteiger partial charge in [-0.05, 0) is 6.92 Å². The van der Waals surface area contributed by atoms with Crippen LogP contribution in [0.15, 0.2) is 0 Å². The summed E-state index contributed by atoms with van der Waals surface area (Å²) >= 11 is 0. The molecule has 10 heavy (non-hydrogen) atoms. The van der Waals surface area contributed by atoms with E-state index in [0.717, 1.165) is 0 Å². The van der Waals surface area contributed by atoms with E-state index < -0.39 is 17.7 Å². The number of carboxylic acids is 1. The van der Waals surface area contributed by atoms with Gasteiger partial charge in [-0.15, -0.1) is 0 Å². The minimum absolute atomic E-state index is 0.233. The highest BCUT2D eigenvalue weighted by molar-refractivity contribution is 5.67. The highest BCUT2D eigenvalue weighted by atomic mass is 16.5. The third-order valence-corrected chi connectivity index (χ3v) is 1.41. The molecule has 1 unspecified atom stereocenters. The van der Waals surface area contributed by atoms with Gasteiger partial charge in [-0.2, -0.15) is 0 Å². The van der Waals surface area contributed by atoms with Crippen molar-refractivity contribution < 1.29 is 20.1 Å². The van der Waals surface area contributed by atoms with Crippen LogP contribution in [-0.4, -0.2) is 27.1 Å². The summed E-state index contributed by atoms with van der Waals surface area (Å²) in [6.45, 7) is 2.63. The molecule has 0 aliphatic rings. The van der Waals surface area contributed by atoms with Gasteiger partial charge in [0.05, 0.1) is 6.42 Å². The highest BCUT2D eigenvalue weighted by Gasteiger charge is 2.26. The molecule has 0 aromatic heterocycles. The van der Waals surface area contributed by atoms with Gasteiger partial charge in [0.2, 0.25) is 0 Å². The van der Waals surface area contributed by atoms with Crippen molar-refractivity contribution in [3.8, 4) is 0 Å². The van der Waals surface area contributed by atoms with E-state index in [-0.39, 0.29) is 6.42 Å². The lowest BCUT2D eigenvalue weighted by atomic mass is 9.99. The van der Waals surface area contributed by atoms with E-state index in [2.05, 4.69) is 0 Å². The van der Waals surface area contributed by atoms with Crippen LogP contribution in [0.25, 0.3) is 0 Å². The minimum Gasteiger partial charge on any atom is -0.481 e. The van der Waals surface area contributed by atoms with Crippen molar-refractivity contribution in [2.75, 3.05) is 0 Å². The number of hydrogen-bond donors (Lipinski definition) is 3. The van der Waals surface area contributed by atoms with Crippen molar-refractivity contribution in [2.24, 2.45) is 5.92 Å². The van der Waals surface area contributed by atoms with Gasteiger partial charge < -0.3 is 15.3 Å². The maximum atomic E-state index is 10.0. The van der Waals surface area contributed by atoms with Crippen molar-refractivity contribution in [3.63, 3.8) is 0 Å². The Bertz CT molecular complexity index is 124. The van der Waals surface area contributed by atoms with E-state index in [9.17, 15) is 4.79 Å². The van der Waals surface area contributed by atoms with Crippen LogP contribution >= 0.6 is 0 Å². The van der Waals surface area contributed by atoms with Gasteiger partial charge in [-0.3, -0.25) is 4.79 Å². The fourth-order valence-electron chi connectivity index (χ4n) is 0.455. The minimum atomic E-state index is -1.89. The van der Waals surface area contributed by atoms with Crippen molar-refractivity contribution in [1.29, 1.82) is 0 Å². The monoisotopic (exact) mass is 148 g/mol. The second kappa shape index (κ2) is 2.98. The van der Waals surface area contributed by atoms with Crippen LogP contribution < -0.4 is 0 Å². The summed E-state index contributed by atoms with van der Waals surface area (Å²) in [6, 6.07) is 0. The molecule has 0 spiro atoms. The molecule has 0 radical (unpaired) electrons. The van der Waals surface area contributed by atoms with E-state index in [4.69, 9.17) is 15.3 Å². The van der Waals surface area contributed by atoms with Crippen LogP contribution in [0.4, 0.5) is 0 Å². The second-order valence-electron chi connectivity index (χ2n) is 2.59. The van der Waals surface area contributed by atoms with Crippen LogP contribution in [0.3, 0.4) is 0 Å². The largest absolute Gasteiger partial charge is 0.481 e. The number of hydrogen-bond acceptors (Lipinski definition) is 3. The van der Waals surface area contributed by atoms with Gasteiger partial charge in [-0.1, -0.05) is 6.92 Å². The molecule has 0 bridgehead atoms. The Morgan fingerprint density at radius 3 is 2.10 bits per heavy atom. The molecule has 0 rings (SSSR count). The van der Waals surface area contributed by atoms with Crippen molar-refractivity contribution in [2.45, 2.75) is 26.1 Å². The topological polar surface area (TPSA) is 77.8 Å². The lowest BCUT2D eigenvalue weighted by Gasteiger charge is -2.22. The molecule has 0 saturated heterocycles. The highest BCUT2D eigenvalue weighted by Crippen LogP contribution is 2.16. The molecule has 4 nitrogen and oxygen atoms in total. The quantitative estimate of drug-likeness (QED) is 0.484. The van der Waals surface area contributed by atoms with Gasteiger partial charge in [0.25, 0.3) is 0 Å². The number of carbonyl (C=O) groups is 1. The van der Waals surface area contributed by atoms with Gasteiger partial charge in [-0.25, -0.2) is 0 Å². The van der Waals surface area contributed by atoms with Crippen molar-refractivity contribution in [3.05, 3.63) is 0 Å². The maximum absolute atomic E-state index is 10.0. The summed E-state index contributed by atoms with van der Waals surface area (Å²) in [6.07, 6.45) is -0.233. The fraction of sp³-hybridized carbons (Fsp3) is 0.833. The first-order valence-electron chi connectivity index (χ1n) is 3.00. The summed E-state index contributed by atoms with van der Waals surface area (Å²) in [4.78, 5) is 10.0. The molecular formula is C6H12O4. The number of aliphatic carboxylic acids is 1. The van der Waals surface area contributed by atoms with Gasteiger partial charge in [0.15, 0.2) is 5.79 Å². The summed E-state index contributed by atoms with van der Waals surface area (Å²) in [5.41, 5.74) is 0. The summed E-state index contributed by atoms with van der Waals surface area (Å²) < 4.78 is 0. The lowest BCUT2D eigenvalue weighted by molar-refractivity contribution is -0.187. The molecule has 1 atom stereocenters. The Morgan fingerprint density at radius 2 is 2.00 bits per heavy atom. The Labute approximate surface area is 59.1 Å². The van der Waals surface area contributed by atoms with E-state index in [0.29, 0.717) is 0 Å². The van der Waals surface area contributed by atoms with Crippen LogP contribution in [0.1, 0.15) is 20.3 Å². The van der Waals surface area contributed by atoms with Crippen LogP contribution in [-0.2, 0) is 4.79 Å². The van der Waals surface area contributed by atoms with E-state index >= 15 is 0 Å². The first-order valence-corrected chi connectivity index (χ1v) is 3.00. The molecule has 0 aliphatic carbocycles. The van der Waals surface area contributed by atoms with Crippen molar-refractivity contribution >= 4 is 5.97 Å². The molecule has 0 saturated carbocycles. The zero-order valence-corrected chi connectivity index (χ0v) is 6.03. The van der Waals surface area contributed by atoms with Crippen molar-refractivity contribution in [1.82, 2.24) is 0 Å². The molecule has 4 heteroatoms. The average molecular weight is 148 g/mol. The molecule has 0 fully saturated rings. The van der Waals surface area contributed by atoms with Crippen LogP contribution in [0.2, 0.25) is 0 Å². The first kappa shape index (κ1) is 9.39. The Balaban J connectivity index is 3.85. The van der Waals surface area contributed by atoms with Gasteiger partial charge in [0.1, 0.15) is 0 Å². The Morgan fingerprint density at radius 1 is 1.60 bits per heavy atom. The molecule has 0 amide bonds. The summed E-state index contributed by atoms with van der Waals surface area (Å²) in [5, 5.41) is 25.9. The summed E-state index contributed by atoms with van der Waals surface area (Å²) in [7, 11) is 0. The third kappa shape index (κ3) is 3.42. The molecule has 60 valence electrons. The molecule has 0 aromatic carbocycles. The van der Waals surface area contributed by atoms with Gasteiger partial charge >= 0.3 is 5.97 Å². The molecule has 0 heterocycles. The number of aliphatic hydroxyl groups is 2. The molecule has 3 N–H and O–H groups in total. The maximum Gasteiger partial charge on any atom is 0.303 e. The fourth-order valence-corrected chi connectivity index (χ4v) is 0.455. The normalized spacial score (nSPS) is 14.8. The molecule has 0 aliphatic heterocycles. The Hall–Kier alpha value is -0.610. The third-order valence-electron chi connectivity index (χ3n) is 1.41. The number of carboxylic acid groups (broad SMARTS) is 1. The predicted molar refractivity (Wildman–Crippen MR) is 34.3 cm³/mol. The zero-order valence-electron chi connectivity index (χ0n) is 6.03. The zero-order chi connectivity index (χ0) is 8.36. The molecular weight excluding hydrogens is 136 g/mol. The molecule has 0 aromatic rings. The SMILES string of the molecule is CC(CC(=O)O)C(C)(O)O. The Kier molecular flexibility index (Phi) is 2.80. The van der Waals surface area contributed by atoms with E-state index in [1.54, 1.807) is 0 Å². The van der Waals surface area contributed by atoms with Gasteiger partial charge in [0, 0.05) is 5.92 Å². The summed E-state index contributed by atoms with van der Waals surface area (Å²) in [5.74, 6) is -3.56. The average Bonchev–Trinajstić information content (AvgIpc) is 1.60. The van der Waals surface area contributed by atoms with Crippen LogP contribution in [0, 0.1) is 5.92 Å². The second-order valence-corrected chi connectivity index (χ2v) is 2.59. The standard InChI is InChI=1S/C6H12O4/c1-4(3-5(7)8)6(2,9)10/h4,9-10H,3H2,1-2H3,(H,7,8). The predicted octanol–water partition coefficient (Wildman–Crippen LogP) is -0.202. The van der Waals surface area contributed by atoms with E-state index in [1.165, 1.54) is 13.8 Å². The smallest absolute Gasteiger partial charge is 0.303 e. The first-order chi connectivity index (χ1) is 4.34. The number of rotatable bonds is 3. The van der Waals surface area contributed by atoms with E-state index in [1.807, 2.05) is 0 Å².